The molecule has 1 aliphatic carbocycles. The molecule has 0 aromatic carbocycles. The molecular weight excluding hydrogens is 204 g/mol. The number of amides is 1. The zero-order chi connectivity index (χ0) is 11.8. The molecule has 0 spiro atoms. The monoisotopic (exact) mass is 226 g/mol. The van der Waals surface area contributed by atoms with Crippen LogP contribution in [0.2, 0.25) is 0 Å². The van der Waals surface area contributed by atoms with E-state index in [0.29, 0.717) is 19.0 Å². The fraction of sp³-hybridized carbons (Fsp3) is 0.917. The Kier molecular flexibility index (Phi) is 3.22. The molecule has 4 nitrogen and oxygen atoms in total. The van der Waals surface area contributed by atoms with Crippen LogP contribution in [0.4, 0.5) is 0 Å². The van der Waals surface area contributed by atoms with Crippen LogP contribution in [0.25, 0.3) is 0 Å². The molecule has 16 heavy (non-hydrogen) atoms. The first-order valence-corrected chi connectivity index (χ1v) is 6.27. The smallest absolute Gasteiger partial charge is 0.239 e. The molecule has 1 aliphatic heterocycles. The quantitative estimate of drug-likeness (QED) is 0.720. The van der Waals surface area contributed by atoms with Crippen molar-refractivity contribution in [3.05, 3.63) is 0 Å². The van der Waals surface area contributed by atoms with Crippen LogP contribution in [-0.4, -0.2) is 40.6 Å². The summed E-state index contributed by atoms with van der Waals surface area (Å²) in [6.45, 7) is 3.35. The van der Waals surface area contributed by atoms with Crippen molar-refractivity contribution in [3.8, 4) is 0 Å². The maximum Gasteiger partial charge on any atom is 0.239 e. The molecule has 92 valence electrons. The first kappa shape index (κ1) is 11.9. The molecule has 0 aromatic rings. The van der Waals surface area contributed by atoms with E-state index in [1.807, 2.05) is 0 Å². The maximum atomic E-state index is 11.7. The highest BCUT2D eigenvalue weighted by atomic mass is 16.3. The van der Waals surface area contributed by atoms with Crippen LogP contribution in [0, 0.1) is 5.92 Å². The number of carbonyl (C=O) groups excluding carboxylic acids is 1. The van der Waals surface area contributed by atoms with Crippen LogP contribution in [0.5, 0.6) is 0 Å². The number of carbonyl (C=O) groups is 1. The lowest BCUT2D eigenvalue weighted by Gasteiger charge is -2.38. The Morgan fingerprint density at radius 3 is 2.88 bits per heavy atom. The molecule has 4 heteroatoms. The number of nitrogens with two attached hydrogens (primary N) is 1. The van der Waals surface area contributed by atoms with Crippen molar-refractivity contribution in [3.63, 3.8) is 0 Å². The normalized spacial score (nSPS) is 40.4. The van der Waals surface area contributed by atoms with Gasteiger partial charge in [0.2, 0.25) is 5.91 Å². The summed E-state index contributed by atoms with van der Waals surface area (Å²) < 4.78 is 0. The van der Waals surface area contributed by atoms with Crippen molar-refractivity contribution in [1.29, 1.82) is 0 Å². The van der Waals surface area contributed by atoms with E-state index in [1.165, 1.54) is 6.42 Å². The average molecular weight is 226 g/mol. The Hall–Kier alpha value is -0.610. The summed E-state index contributed by atoms with van der Waals surface area (Å²) >= 11 is 0. The molecule has 2 aliphatic rings. The van der Waals surface area contributed by atoms with Gasteiger partial charge in [-0.1, -0.05) is 19.8 Å². The Bertz CT molecular complexity index is 282. The molecule has 3 atom stereocenters. The largest absolute Gasteiger partial charge is 0.388 e. The number of aliphatic hydroxyl groups is 1. The van der Waals surface area contributed by atoms with Gasteiger partial charge in [0.15, 0.2) is 0 Å². The summed E-state index contributed by atoms with van der Waals surface area (Å²) in [5, 5.41) is 10.5. The highest BCUT2D eigenvalue weighted by molar-refractivity contribution is 5.83. The van der Waals surface area contributed by atoms with Gasteiger partial charge in [0.1, 0.15) is 0 Å². The van der Waals surface area contributed by atoms with Gasteiger partial charge in [-0.25, -0.2) is 0 Å². The van der Waals surface area contributed by atoms with E-state index in [2.05, 4.69) is 6.92 Å². The minimum absolute atomic E-state index is 0.00616. The number of likely N-dealkylation sites (tertiary alicyclic amines) is 1. The van der Waals surface area contributed by atoms with Crippen molar-refractivity contribution >= 4 is 5.91 Å². The third-order valence-electron chi connectivity index (χ3n) is 3.89. The van der Waals surface area contributed by atoms with E-state index >= 15 is 0 Å². The predicted octanol–water partition coefficient (Wildman–Crippen LogP) is 0.487. The van der Waals surface area contributed by atoms with Crippen molar-refractivity contribution in [2.75, 3.05) is 13.1 Å². The fourth-order valence-corrected chi connectivity index (χ4v) is 3.05. The third-order valence-corrected chi connectivity index (χ3v) is 3.89. The summed E-state index contributed by atoms with van der Waals surface area (Å²) in [5.41, 5.74) is 5.00. The fourth-order valence-electron chi connectivity index (χ4n) is 3.05. The lowest BCUT2D eigenvalue weighted by molar-refractivity contribution is -0.133. The van der Waals surface area contributed by atoms with Gasteiger partial charge in [-0.2, -0.15) is 0 Å². The Labute approximate surface area is 96.8 Å². The highest BCUT2D eigenvalue weighted by Crippen LogP contribution is 2.33. The molecular formula is C12H22N2O2. The summed E-state index contributed by atoms with van der Waals surface area (Å²) in [6, 6.07) is -0.343. The van der Waals surface area contributed by atoms with Gasteiger partial charge in [-0.3, -0.25) is 4.79 Å². The molecule has 3 unspecified atom stereocenters. The third kappa shape index (κ3) is 2.38. The maximum absolute atomic E-state index is 11.7. The first-order valence-electron chi connectivity index (χ1n) is 6.27. The summed E-state index contributed by atoms with van der Waals surface area (Å²) in [7, 11) is 0. The van der Waals surface area contributed by atoms with E-state index in [1.54, 1.807) is 4.90 Å². The van der Waals surface area contributed by atoms with Gasteiger partial charge in [-0.05, 0) is 25.2 Å². The van der Waals surface area contributed by atoms with Gasteiger partial charge in [0, 0.05) is 13.1 Å². The van der Waals surface area contributed by atoms with Crippen LogP contribution in [0.3, 0.4) is 0 Å². The topological polar surface area (TPSA) is 66.6 Å². The van der Waals surface area contributed by atoms with Gasteiger partial charge in [-0.15, -0.1) is 0 Å². The number of hydrogen-bond acceptors (Lipinski definition) is 3. The van der Waals surface area contributed by atoms with Crippen LogP contribution < -0.4 is 5.73 Å². The van der Waals surface area contributed by atoms with Crippen LogP contribution in [0.15, 0.2) is 0 Å². The second kappa shape index (κ2) is 4.34. The Morgan fingerprint density at radius 1 is 1.56 bits per heavy atom. The molecule has 1 amide bonds. The molecule has 1 saturated carbocycles. The van der Waals surface area contributed by atoms with E-state index in [-0.39, 0.29) is 11.9 Å². The number of β-amino-alcohol motifs (C(OH)–C–C–N with tert-alkyl or cyclic N) is 1. The van der Waals surface area contributed by atoms with Crippen LogP contribution >= 0.6 is 0 Å². The van der Waals surface area contributed by atoms with E-state index in [0.717, 1.165) is 25.7 Å². The molecule has 1 heterocycles. The molecule has 2 rings (SSSR count). The molecule has 0 bridgehead atoms. The second-order valence-corrected chi connectivity index (χ2v) is 5.58. The SMILES string of the molecule is CC1CCCC(O)(CN2CCC(N)C2=O)C1. The van der Waals surface area contributed by atoms with E-state index in [9.17, 15) is 9.90 Å². The van der Waals surface area contributed by atoms with Gasteiger partial charge in [0.25, 0.3) is 0 Å². The zero-order valence-corrected chi connectivity index (χ0v) is 9.98. The minimum atomic E-state index is -0.669. The molecule has 0 aromatic heterocycles. The van der Waals surface area contributed by atoms with Gasteiger partial charge in [0.05, 0.1) is 11.6 Å². The van der Waals surface area contributed by atoms with Crippen molar-refractivity contribution in [1.82, 2.24) is 4.90 Å². The molecule has 0 radical (unpaired) electrons. The summed E-state index contributed by atoms with van der Waals surface area (Å²) in [5.74, 6) is 0.566. The number of rotatable bonds is 2. The lowest BCUT2D eigenvalue weighted by atomic mass is 9.78. The average Bonchev–Trinajstić information content (AvgIpc) is 2.49. The van der Waals surface area contributed by atoms with Crippen molar-refractivity contribution < 1.29 is 9.90 Å². The molecule has 1 saturated heterocycles. The predicted molar refractivity (Wildman–Crippen MR) is 61.8 cm³/mol. The second-order valence-electron chi connectivity index (χ2n) is 5.58. The number of nitrogens with zero attached hydrogens (tertiary/aromatic N) is 1. The first-order chi connectivity index (χ1) is 7.50. The van der Waals surface area contributed by atoms with E-state index < -0.39 is 5.60 Å². The highest BCUT2D eigenvalue weighted by Gasteiger charge is 2.38. The van der Waals surface area contributed by atoms with E-state index in [4.69, 9.17) is 5.73 Å². The van der Waals surface area contributed by atoms with Crippen LogP contribution in [-0.2, 0) is 4.79 Å². The minimum Gasteiger partial charge on any atom is -0.388 e. The Morgan fingerprint density at radius 2 is 2.31 bits per heavy atom. The van der Waals surface area contributed by atoms with Crippen molar-refractivity contribution in [2.45, 2.75) is 50.7 Å². The molecule has 3 N–H and O–H groups in total. The summed E-state index contributed by atoms with van der Waals surface area (Å²) in [6.07, 6.45) is 4.61. The van der Waals surface area contributed by atoms with Crippen molar-refractivity contribution in [2.24, 2.45) is 11.7 Å². The standard InChI is InChI=1S/C12H22N2O2/c1-9-3-2-5-12(16,7-9)8-14-6-4-10(13)11(14)15/h9-10,16H,2-8,13H2,1H3. The van der Waals surface area contributed by atoms with Crippen LogP contribution in [0.1, 0.15) is 39.0 Å². The van der Waals surface area contributed by atoms with Gasteiger partial charge >= 0.3 is 0 Å². The summed E-state index contributed by atoms with van der Waals surface area (Å²) in [4.78, 5) is 13.4. The van der Waals surface area contributed by atoms with Gasteiger partial charge < -0.3 is 15.7 Å². The lowest BCUT2D eigenvalue weighted by Crippen LogP contribution is -2.47. The molecule has 2 fully saturated rings. The zero-order valence-electron chi connectivity index (χ0n) is 9.98. The Balaban J connectivity index is 1.95. The number of hydrogen-bond donors (Lipinski definition) is 2.